The molecule has 1 aromatic heterocycles. The number of carbonyl (C=O) groups is 1. The molecule has 0 bridgehead atoms. The number of aromatic nitrogens is 1. The molecule has 0 saturated heterocycles. The van der Waals surface area contributed by atoms with Gasteiger partial charge < -0.3 is 10.1 Å². The van der Waals surface area contributed by atoms with E-state index in [1.165, 1.54) is 23.1 Å². The van der Waals surface area contributed by atoms with Crippen LogP contribution in [-0.4, -0.2) is 16.1 Å². The lowest BCUT2D eigenvalue weighted by Gasteiger charge is -2.06. The first kappa shape index (κ1) is 10.4. The number of aromatic amines is 1. The Morgan fingerprint density at radius 2 is 2.24 bits per heavy atom. The molecule has 0 saturated carbocycles. The molecule has 3 nitrogen and oxygen atoms in total. The van der Waals surface area contributed by atoms with E-state index in [1.807, 2.05) is 18.2 Å². The zero-order valence-corrected chi connectivity index (χ0v) is 9.79. The maximum absolute atomic E-state index is 11.0. The van der Waals surface area contributed by atoms with Gasteiger partial charge in [0.05, 0.1) is 5.92 Å². The van der Waals surface area contributed by atoms with E-state index in [0.717, 1.165) is 23.9 Å². The Morgan fingerprint density at radius 1 is 1.41 bits per heavy atom. The van der Waals surface area contributed by atoms with E-state index in [4.69, 9.17) is 5.11 Å². The van der Waals surface area contributed by atoms with Crippen molar-refractivity contribution in [3.05, 3.63) is 35.0 Å². The molecule has 88 valence electrons. The van der Waals surface area contributed by atoms with Crippen molar-refractivity contribution in [3.8, 4) is 0 Å². The predicted octanol–water partition coefficient (Wildman–Crippen LogP) is 2.84. The maximum atomic E-state index is 11.0. The van der Waals surface area contributed by atoms with Gasteiger partial charge >= 0.3 is 5.97 Å². The zero-order valence-electron chi connectivity index (χ0n) is 9.79. The Morgan fingerprint density at radius 3 is 3.00 bits per heavy atom. The smallest absolute Gasteiger partial charge is 0.310 e. The number of fused-ring (bicyclic) bond motifs is 3. The van der Waals surface area contributed by atoms with Gasteiger partial charge in [0.25, 0.3) is 0 Å². The van der Waals surface area contributed by atoms with Crippen molar-refractivity contribution < 1.29 is 9.90 Å². The number of carboxylic acids is 1. The average Bonchev–Trinajstić information content (AvgIpc) is 2.87. The third-order valence-corrected chi connectivity index (χ3v) is 3.74. The van der Waals surface area contributed by atoms with Crippen molar-refractivity contribution in [1.82, 2.24) is 4.98 Å². The van der Waals surface area contributed by atoms with Crippen LogP contribution in [0, 0.1) is 0 Å². The van der Waals surface area contributed by atoms with E-state index in [2.05, 4.69) is 4.98 Å². The van der Waals surface area contributed by atoms with Crippen molar-refractivity contribution in [1.29, 1.82) is 0 Å². The summed E-state index contributed by atoms with van der Waals surface area (Å²) in [7, 11) is 0. The highest BCUT2D eigenvalue weighted by molar-refractivity contribution is 5.87. The van der Waals surface area contributed by atoms with Crippen LogP contribution in [0.15, 0.2) is 18.2 Å². The van der Waals surface area contributed by atoms with Crippen LogP contribution in [0.4, 0.5) is 0 Å². The predicted molar refractivity (Wildman–Crippen MR) is 66.4 cm³/mol. The lowest BCUT2D eigenvalue weighted by molar-refractivity contribution is -0.138. The summed E-state index contributed by atoms with van der Waals surface area (Å²) in [6.45, 7) is 1.73. The molecule has 3 rings (SSSR count). The quantitative estimate of drug-likeness (QED) is 0.832. The van der Waals surface area contributed by atoms with Gasteiger partial charge in [0, 0.05) is 16.6 Å². The maximum Gasteiger partial charge on any atom is 0.310 e. The van der Waals surface area contributed by atoms with Gasteiger partial charge in [0.2, 0.25) is 0 Å². The van der Waals surface area contributed by atoms with Crippen molar-refractivity contribution in [2.45, 2.75) is 32.1 Å². The number of rotatable bonds is 2. The summed E-state index contributed by atoms with van der Waals surface area (Å²) < 4.78 is 0. The molecule has 3 heteroatoms. The molecule has 1 unspecified atom stereocenters. The van der Waals surface area contributed by atoms with E-state index >= 15 is 0 Å². The highest BCUT2D eigenvalue weighted by Crippen LogP contribution is 2.31. The second-order valence-electron chi connectivity index (χ2n) is 4.80. The SMILES string of the molecule is CC(C(=O)O)c1ccc2[nH]c3c(c2c1)CCC3. The standard InChI is InChI=1S/C14H15NO2/c1-8(14(16)17)9-5-6-13-11(7-9)10-3-2-4-12(10)15-13/h5-8,15H,2-4H2,1H3,(H,16,17). The minimum absolute atomic E-state index is 0.439. The molecule has 2 N–H and O–H groups in total. The first-order valence-corrected chi connectivity index (χ1v) is 6.03. The number of aryl methyl sites for hydroxylation is 2. The molecular weight excluding hydrogens is 214 g/mol. The average molecular weight is 229 g/mol. The second-order valence-corrected chi connectivity index (χ2v) is 4.80. The number of hydrogen-bond donors (Lipinski definition) is 2. The fourth-order valence-corrected chi connectivity index (χ4v) is 2.67. The summed E-state index contributed by atoms with van der Waals surface area (Å²) in [5.74, 6) is -1.21. The van der Waals surface area contributed by atoms with Crippen LogP contribution in [0.1, 0.15) is 36.1 Å². The van der Waals surface area contributed by atoms with Gasteiger partial charge in [-0.25, -0.2) is 0 Å². The van der Waals surface area contributed by atoms with E-state index in [1.54, 1.807) is 6.92 Å². The van der Waals surface area contributed by atoms with Gasteiger partial charge in [-0.1, -0.05) is 6.07 Å². The number of carboxylic acid groups (broad SMARTS) is 1. The lowest BCUT2D eigenvalue weighted by Crippen LogP contribution is -2.07. The van der Waals surface area contributed by atoms with Crippen molar-refractivity contribution >= 4 is 16.9 Å². The van der Waals surface area contributed by atoms with E-state index in [0.29, 0.717) is 0 Å². The van der Waals surface area contributed by atoms with Crippen LogP contribution in [-0.2, 0) is 17.6 Å². The molecular formula is C14H15NO2. The van der Waals surface area contributed by atoms with Crippen LogP contribution in [0.2, 0.25) is 0 Å². The van der Waals surface area contributed by atoms with Crippen LogP contribution >= 0.6 is 0 Å². The summed E-state index contributed by atoms with van der Waals surface area (Å²) in [6, 6.07) is 5.95. The summed E-state index contributed by atoms with van der Waals surface area (Å²) in [6.07, 6.45) is 3.43. The van der Waals surface area contributed by atoms with Gasteiger partial charge in [-0.15, -0.1) is 0 Å². The van der Waals surface area contributed by atoms with Crippen molar-refractivity contribution in [2.75, 3.05) is 0 Å². The second kappa shape index (κ2) is 3.62. The fourth-order valence-electron chi connectivity index (χ4n) is 2.67. The Hall–Kier alpha value is -1.77. The molecule has 1 heterocycles. The molecule has 0 fully saturated rings. The van der Waals surface area contributed by atoms with E-state index in [9.17, 15) is 4.79 Å². The van der Waals surface area contributed by atoms with Crippen LogP contribution < -0.4 is 0 Å². The highest BCUT2D eigenvalue weighted by atomic mass is 16.4. The summed E-state index contributed by atoms with van der Waals surface area (Å²) in [5, 5.41) is 10.3. The Labute approximate surface area is 99.5 Å². The Kier molecular flexibility index (Phi) is 2.21. The number of hydrogen-bond acceptors (Lipinski definition) is 1. The third kappa shape index (κ3) is 1.54. The molecule has 17 heavy (non-hydrogen) atoms. The first-order valence-electron chi connectivity index (χ1n) is 6.03. The van der Waals surface area contributed by atoms with Gasteiger partial charge in [-0.3, -0.25) is 4.79 Å². The summed E-state index contributed by atoms with van der Waals surface area (Å²) in [5.41, 5.74) is 4.74. The van der Waals surface area contributed by atoms with Crippen LogP contribution in [0.25, 0.3) is 10.9 Å². The number of H-pyrrole nitrogens is 1. The van der Waals surface area contributed by atoms with Gasteiger partial charge in [-0.2, -0.15) is 0 Å². The molecule has 0 aliphatic heterocycles. The number of aliphatic carboxylic acids is 1. The molecule has 2 aromatic rings. The highest BCUT2D eigenvalue weighted by Gasteiger charge is 2.19. The van der Waals surface area contributed by atoms with Crippen molar-refractivity contribution in [2.24, 2.45) is 0 Å². The molecule has 1 aliphatic rings. The monoisotopic (exact) mass is 229 g/mol. The Balaban J connectivity index is 2.15. The van der Waals surface area contributed by atoms with Gasteiger partial charge in [0.1, 0.15) is 0 Å². The van der Waals surface area contributed by atoms with Crippen molar-refractivity contribution in [3.63, 3.8) is 0 Å². The molecule has 1 aliphatic carbocycles. The molecule has 0 amide bonds. The summed E-state index contributed by atoms with van der Waals surface area (Å²) in [4.78, 5) is 14.4. The fraction of sp³-hybridized carbons (Fsp3) is 0.357. The first-order chi connectivity index (χ1) is 8.16. The molecule has 0 radical (unpaired) electrons. The lowest BCUT2D eigenvalue weighted by atomic mass is 9.98. The zero-order chi connectivity index (χ0) is 12.0. The number of benzene rings is 1. The van der Waals surface area contributed by atoms with E-state index in [-0.39, 0.29) is 0 Å². The number of nitrogens with one attached hydrogen (secondary N) is 1. The normalized spacial score (nSPS) is 16.1. The topological polar surface area (TPSA) is 53.1 Å². The summed E-state index contributed by atoms with van der Waals surface area (Å²) >= 11 is 0. The molecule has 1 aromatic carbocycles. The van der Waals surface area contributed by atoms with Gasteiger partial charge in [0.15, 0.2) is 0 Å². The van der Waals surface area contributed by atoms with Gasteiger partial charge in [-0.05, 0) is 49.4 Å². The minimum Gasteiger partial charge on any atom is -0.481 e. The van der Waals surface area contributed by atoms with Crippen LogP contribution in [0.3, 0.4) is 0 Å². The van der Waals surface area contributed by atoms with E-state index < -0.39 is 11.9 Å². The third-order valence-electron chi connectivity index (χ3n) is 3.74. The Bertz CT molecular complexity index is 598. The molecule has 0 spiro atoms. The molecule has 1 atom stereocenters. The van der Waals surface area contributed by atoms with Crippen LogP contribution in [0.5, 0.6) is 0 Å². The largest absolute Gasteiger partial charge is 0.481 e. The minimum atomic E-state index is -0.767.